The van der Waals surface area contributed by atoms with Crippen LogP contribution < -0.4 is 10.0 Å². The quantitative estimate of drug-likeness (QED) is 0.474. The summed E-state index contributed by atoms with van der Waals surface area (Å²) < 4.78 is 23.5. The van der Waals surface area contributed by atoms with Crippen molar-refractivity contribution < 1.29 is 13.2 Å². The van der Waals surface area contributed by atoms with Crippen LogP contribution in [-0.4, -0.2) is 39.6 Å². The van der Waals surface area contributed by atoms with E-state index in [0.29, 0.717) is 25.3 Å². The molecule has 84 valence electrons. The van der Waals surface area contributed by atoms with Crippen LogP contribution in [0.15, 0.2) is 0 Å². The summed E-state index contributed by atoms with van der Waals surface area (Å²) in [6, 6.07) is 0. The van der Waals surface area contributed by atoms with Gasteiger partial charge in [-0.05, 0) is 6.42 Å². The Morgan fingerprint density at radius 1 is 1.36 bits per heavy atom. The van der Waals surface area contributed by atoms with Gasteiger partial charge >= 0.3 is 0 Å². The van der Waals surface area contributed by atoms with Gasteiger partial charge in [0.2, 0.25) is 15.9 Å². The van der Waals surface area contributed by atoms with Crippen LogP contribution in [0, 0.1) is 0 Å². The molecule has 7 heteroatoms. The van der Waals surface area contributed by atoms with Gasteiger partial charge in [-0.2, -0.15) is 0 Å². The molecule has 0 aliphatic heterocycles. The number of hydrogen-bond donors (Lipinski definition) is 2. The third kappa shape index (κ3) is 9.76. The molecule has 1 amide bonds. The van der Waals surface area contributed by atoms with E-state index in [1.807, 2.05) is 0 Å². The summed E-state index contributed by atoms with van der Waals surface area (Å²) in [4.78, 5) is 11.0. The molecule has 0 heterocycles. The molecule has 5 nitrogen and oxygen atoms in total. The second-order valence-electron chi connectivity index (χ2n) is 2.81. The second kappa shape index (κ2) is 7.03. The first-order valence-corrected chi connectivity index (χ1v) is 6.65. The number of rotatable bonds is 7. The van der Waals surface area contributed by atoms with Crippen LogP contribution in [0.3, 0.4) is 0 Å². The lowest BCUT2D eigenvalue weighted by atomic mass is 10.3. The van der Waals surface area contributed by atoms with E-state index < -0.39 is 10.0 Å². The summed E-state index contributed by atoms with van der Waals surface area (Å²) in [5, 5.41) is 2.57. The fourth-order valence-electron chi connectivity index (χ4n) is 0.754. The summed E-state index contributed by atoms with van der Waals surface area (Å²) in [6.45, 7) is 0.514. The highest BCUT2D eigenvalue weighted by Crippen LogP contribution is 1.90. The Bertz CT molecular complexity index is 266. The minimum Gasteiger partial charge on any atom is -0.355 e. The van der Waals surface area contributed by atoms with Crippen molar-refractivity contribution >= 4 is 27.5 Å². The predicted molar refractivity (Wildman–Crippen MR) is 55.8 cm³/mol. The second-order valence-corrected chi connectivity index (χ2v) is 5.02. The largest absolute Gasteiger partial charge is 0.355 e. The zero-order valence-corrected chi connectivity index (χ0v) is 9.62. The Labute approximate surface area is 89.3 Å². The van der Waals surface area contributed by atoms with Crippen molar-refractivity contribution in [3.05, 3.63) is 0 Å². The van der Waals surface area contributed by atoms with Crippen molar-refractivity contribution in [1.82, 2.24) is 10.0 Å². The molecule has 14 heavy (non-hydrogen) atoms. The molecule has 0 spiro atoms. The first-order valence-electron chi connectivity index (χ1n) is 4.23. The molecule has 0 aliphatic carbocycles. The average Bonchev–Trinajstić information content (AvgIpc) is 2.07. The summed E-state index contributed by atoms with van der Waals surface area (Å²) in [7, 11) is -3.16. The number of sulfonamides is 1. The molecular formula is C7H15ClN2O3S. The molecule has 0 saturated carbocycles. The fourth-order valence-corrected chi connectivity index (χ4v) is 1.36. The van der Waals surface area contributed by atoms with Crippen LogP contribution in [0.5, 0.6) is 0 Å². The Morgan fingerprint density at radius 3 is 2.50 bits per heavy atom. The van der Waals surface area contributed by atoms with Gasteiger partial charge in [-0.3, -0.25) is 4.79 Å². The number of halogens is 1. The van der Waals surface area contributed by atoms with Crippen molar-refractivity contribution in [2.24, 2.45) is 0 Å². The molecule has 0 aromatic rings. The number of alkyl halides is 1. The topological polar surface area (TPSA) is 75.3 Å². The Morgan fingerprint density at radius 2 is 2.00 bits per heavy atom. The third-order valence-electron chi connectivity index (χ3n) is 1.35. The number of amides is 1. The molecule has 0 aromatic heterocycles. The molecule has 0 bridgehead atoms. The monoisotopic (exact) mass is 242 g/mol. The van der Waals surface area contributed by atoms with E-state index in [9.17, 15) is 13.2 Å². The van der Waals surface area contributed by atoms with E-state index in [4.69, 9.17) is 11.6 Å². The van der Waals surface area contributed by atoms with Gasteiger partial charge in [-0.1, -0.05) is 0 Å². The van der Waals surface area contributed by atoms with Crippen molar-refractivity contribution in [3.63, 3.8) is 0 Å². The molecule has 0 radical (unpaired) electrons. The zero-order valence-electron chi connectivity index (χ0n) is 8.05. The molecule has 0 saturated heterocycles. The molecule has 0 unspecified atom stereocenters. The molecule has 0 fully saturated rings. The predicted octanol–water partition coefficient (Wildman–Crippen LogP) is -0.329. The molecular weight excluding hydrogens is 228 g/mol. The standard InChI is InChI=1S/C7H15ClN2O3S/c1-14(12,13)10-6-5-9-7(11)3-2-4-8/h10H,2-6H2,1H3,(H,9,11). The third-order valence-corrected chi connectivity index (χ3v) is 2.34. The zero-order chi connectivity index (χ0) is 11.0. The SMILES string of the molecule is CS(=O)(=O)NCCNC(=O)CCCCl. The highest BCUT2D eigenvalue weighted by Gasteiger charge is 2.01. The van der Waals surface area contributed by atoms with Gasteiger partial charge in [0.15, 0.2) is 0 Å². The van der Waals surface area contributed by atoms with Crippen molar-refractivity contribution in [2.45, 2.75) is 12.8 Å². The molecule has 2 N–H and O–H groups in total. The summed E-state index contributed by atoms with van der Waals surface area (Å²) in [6.07, 6.45) is 2.08. The number of hydrogen-bond acceptors (Lipinski definition) is 3. The lowest BCUT2D eigenvalue weighted by molar-refractivity contribution is -0.121. The van der Waals surface area contributed by atoms with E-state index in [0.717, 1.165) is 6.26 Å². The lowest BCUT2D eigenvalue weighted by Crippen LogP contribution is -2.34. The molecule has 0 rings (SSSR count). The van der Waals surface area contributed by atoms with Crippen LogP contribution in [-0.2, 0) is 14.8 Å². The number of nitrogens with one attached hydrogen (secondary N) is 2. The van der Waals surface area contributed by atoms with E-state index in [2.05, 4.69) is 10.0 Å². The number of carbonyl (C=O) groups is 1. The summed E-state index contributed by atoms with van der Waals surface area (Å²) >= 11 is 5.40. The summed E-state index contributed by atoms with van der Waals surface area (Å²) in [5.74, 6) is 0.343. The van der Waals surface area contributed by atoms with E-state index in [1.165, 1.54) is 0 Å². The van der Waals surface area contributed by atoms with Gasteiger partial charge in [0.05, 0.1) is 6.26 Å². The van der Waals surface area contributed by atoms with E-state index in [1.54, 1.807) is 0 Å². The number of carbonyl (C=O) groups excluding carboxylic acids is 1. The smallest absolute Gasteiger partial charge is 0.220 e. The molecule has 0 aliphatic rings. The van der Waals surface area contributed by atoms with Crippen LogP contribution in [0.2, 0.25) is 0 Å². The van der Waals surface area contributed by atoms with Crippen molar-refractivity contribution in [1.29, 1.82) is 0 Å². The van der Waals surface area contributed by atoms with Gasteiger partial charge < -0.3 is 5.32 Å². The van der Waals surface area contributed by atoms with Crippen molar-refractivity contribution in [3.8, 4) is 0 Å². The Balaban J connectivity index is 3.41. The lowest BCUT2D eigenvalue weighted by Gasteiger charge is -2.04. The Hall–Kier alpha value is -0.330. The van der Waals surface area contributed by atoms with Crippen LogP contribution >= 0.6 is 11.6 Å². The van der Waals surface area contributed by atoms with E-state index >= 15 is 0 Å². The van der Waals surface area contributed by atoms with E-state index in [-0.39, 0.29) is 12.5 Å². The van der Waals surface area contributed by atoms with Crippen LogP contribution in [0.1, 0.15) is 12.8 Å². The van der Waals surface area contributed by atoms with Crippen LogP contribution in [0.4, 0.5) is 0 Å². The Kier molecular flexibility index (Phi) is 6.86. The van der Waals surface area contributed by atoms with Gasteiger partial charge in [0.1, 0.15) is 0 Å². The van der Waals surface area contributed by atoms with Gasteiger partial charge in [-0.15, -0.1) is 11.6 Å². The van der Waals surface area contributed by atoms with Gasteiger partial charge in [0, 0.05) is 25.4 Å². The normalized spacial score (nSPS) is 11.3. The van der Waals surface area contributed by atoms with Crippen molar-refractivity contribution in [2.75, 3.05) is 25.2 Å². The first-order chi connectivity index (χ1) is 6.45. The molecule has 0 atom stereocenters. The highest BCUT2D eigenvalue weighted by molar-refractivity contribution is 7.88. The maximum atomic E-state index is 11.0. The molecule has 0 aromatic carbocycles. The minimum absolute atomic E-state index is 0.110. The summed E-state index contributed by atoms with van der Waals surface area (Å²) in [5.41, 5.74) is 0. The minimum atomic E-state index is -3.16. The fraction of sp³-hybridized carbons (Fsp3) is 0.857. The highest BCUT2D eigenvalue weighted by atomic mass is 35.5. The maximum absolute atomic E-state index is 11.0. The van der Waals surface area contributed by atoms with Gasteiger partial charge in [-0.25, -0.2) is 13.1 Å². The average molecular weight is 243 g/mol. The van der Waals surface area contributed by atoms with Crippen LogP contribution in [0.25, 0.3) is 0 Å². The van der Waals surface area contributed by atoms with Gasteiger partial charge in [0.25, 0.3) is 0 Å². The maximum Gasteiger partial charge on any atom is 0.220 e. The first kappa shape index (κ1) is 13.7.